The zero-order valence-corrected chi connectivity index (χ0v) is 16.2. The molecule has 8 heteroatoms. The Morgan fingerprint density at radius 1 is 1.16 bits per heavy atom. The highest BCUT2D eigenvalue weighted by molar-refractivity contribution is 9.10. The van der Waals surface area contributed by atoms with E-state index in [1.807, 2.05) is 0 Å². The molecule has 0 aliphatic heterocycles. The van der Waals surface area contributed by atoms with Gasteiger partial charge in [-0.25, -0.2) is 8.42 Å². The van der Waals surface area contributed by atoms with Crippen LogP contribution in [-0.2, 0) is 14.8 Å². The molecule has 25 heavy (non-hydrogen) atoms. The summed E-state index contributed by atoms with van der Waals surface area (Å²) >= 11 is 3.26. The van der Waals surface area contributed by atoms with Crippen LogP contribution >= 0.6 is 15.9 Å². The number of amides is 1. The minimum atomic E-state index is -3.80. The average molecular weight is 427 g/mol. The van der Waals surface area contributed by atoms with Gasteiger partial charge in [-0.2, -0.15) is 4.72 Å². The fourth-order valence-corrected chi connectivity index (χ4v) is 3.70. The number of rotatable bonds is 7. The van der Waals surface area contributed by atoms with Crippen LogP contribution in [-0.4, -0.2) is 27.5 Å². The minimum Gasteiger partial charge on any atom is -0.495 e. The largest absolute Gasteiger partial charge is 0.495 e. The van der Waals surface area contributed by atoms with Crippen LogP contribution in [0.3, 0.4) is 0 Å². The second-order valence-electron chi connectivity index (χ2n) is 5.23. The molecule has 0 spiro atoms. The molecule has 2 aromatic carbocycles. The van der Waals surface area contributed by atoms with Crippen LogP contribution in [0.15, 0.2) is 57.9 Å². The minimum absolute atomic E-state index is 0.0965. The third kappa shape index (κ3) is 5.04. The van der Waals surface area contributed by atoms with Crippen molar-refractivity contribution in [2.24, 2.45) is 0 Å². The molecule has 134 valence electrons. The normalized spacial score (nSPS) is 12.4. The van der Waals surface area contributed by atoms with Gasteiger partial charge in [-0.1, -0.05) is 35.0 Å². The molecule has 2 N–H and O–H groups in total. The first kappa shape index (κ1) is 19.4. The number of hydrogen-bond donors (Lipinski definition) is 2. The molecule has 0 aliphatic carbocycles. The Kier molecular flexibility index (Phi) is 6.57. The van der Waals surface area contributed by atoms with Crippen LogP contribution in [0.2, 0.25) is 0 Å². The number of anilines is 1. The maximum Gasteiger partial charge on any atom is 0.242 e. The highest BCUT2D eigenvalue weighted by Crippen LogP contribution is 2.23. The number of nitrogens with one attached hydrogen (secondary N) is 2. The third-order valence-electron chi connectivity index (χ3n) is 3.51. The number of halogens is 1. The molecule has 2 aromatic rings. The van der Waals surface area contributed by atoms with E-state index in [1.54, 1.807) is 43.3 Å². The maximum absolute atomic E-state index is 12.5. The van der Waals surface area contributed by atoms with Crippen molar-refractivity contribution in [3.63, 3.8) is 0 Å². The maximum atomic E-state index is 12.5. The summed E-state index contributed by atoms with van der Waals surface area (Å²) < 4.78 is 33.3. The number of carbonyl (C=O) groups excluding carboxylic acids is 1. The molecule has 0 heterocycles. The monoisotopic (exact) mass is 426 g/mol. The fourth-order valence-electron chi connectivity index (χ4n) is 2.16. The number of carbonyl (C=O) groups is 1. The van der Waals surface area contributed by atoms with E-state index < -0.39 is 22.0 Å². The lowest BCUT2D eigenvalue weighted by Gasteiger charge is -2.18. The van der Waals surface area contributed by atoms with E-state index in [9.17, 15) is 13.2 Å². The van der Waals surface area contributed by atoms with Crippen LogP contribution in [0.1, 0.15) is 13.3 Å². The van der Waals surface area contributed by atoms with Crippen LogP contribution < -0.4 is 14.8 Å². The van der Waals surface area contributed by atoms with Crippen molar-refractivity contribution in [2.45, 2.75) is 24.3 Å². The first-order chi connectivity index (χ1) is 11.9. The molecule has 1 unspecified atom stereocenters. The molecule has 0 bridgehead atoms. The molecule has 1 amide bonds. The van der Waals surface area contributed by atoms with Gasteiger partial charge in [0.1, 0.15) is 11.8 Å². The Balaban J connectivity index is 2.16. The lowest BCUT2D eigenvalue weighted by atomic mass is 10.2. The first-order valence-electron chi connectivity index (χ1n) is 7.59. The van der Waals surface area contributed by atoms with E-state index in [2.05, 4.69) is 26.0 Å². The van der Waals surface area contributed by atoms with Crippen molar-refractivity contribution >= 4 is 37.5 Å². The van der Waals surface area contributed by atoms with Gasteiger partial charge in [0.25, 0.3) is 0 Å². The van der Waals surface area contributed by atoms with Gasteiger partial charge in [-0.3, -0.25) is 4.79 Å². The lowest BCUT2D eigenvalue weighted by molar-refractivity contribution is -0.117. The molecule has 6 nitrogen and oxygen atoms in total. The molecule has 0 aromatic heterocycles. The van der Waals surface area contributed by atoms with Gasteiger partial charge < -0.3 is 10.1 Å². The second kappa shape index (κ2) is 8.46. The standard InChI is InChI=1S/C17H19BrN2O4S/c1-3-14(17(21)19-15-6-4-5-7-16(15)24-2)20-25(22,23)13-10-8-12(18)9-11-13/h4-11,14,20H,3H2,1-2H3,(H,19,21). The van der Waals surface area contributed by atoms with Crippen LogP contribution in [0.5, 0.6) is 5.75 Å². The molecular weight excluding hydrogens is 408 g/mol. The van der Waals surface area contributed by atoms with Crippen LogP contribution in [0, 0.1) is 0 Å². The topological polar surface area (TPSA) is 84.5 Å². The predicted octanol–water partition coefficient (Wildman–Crippen LogP) is 3.15. The van der Waals surface area contributed by atoms with E-state index in [4.69, 9.17) is 4.74 Å². The zero-order valence-electron chi connectivity index (χ0n) is 13.8. The van der Waals surface area contributed by atoms with Crippen molar-refractivity contribution in [3.8, 4) is 5.75 Å². The summed E-state index contributed by atoms with van der Waals surface area (Å²) in [6, 6.07) is 12.2. The molecule has 1 atom stereocenters. The summed E-state index contributed by atoms with van der Waals surface area (Å²) in [4.78, 5) is 12.6. The van der Waals surface area contributed by atoms with Gasteiger partial charge in [0.2, 0.25) is 15.9 Å². The van der Waals surface area contributed by atoms with E-state index in [0.29, 0.717) is 17.9 Å². The van der Waals surface area contributed by atoms with Crippen LogP contribution in [0.25, 0.3) is 0 Å². The van der Waals surface area contributed by atoms with E-state index in [0.717, 1.165) is 4.47 Å². The van der Waals surface area contributed by atoms with E-state index in [-0.39, 0.29) is 4.90 Å². The number of hydrogen-bond acceptors (Lipinski definition) is 4. The summed E-state index contributed by atoms with van der Waals surface area (Å²) in [5.41, 5.74) is 0.483. The van der Waals surface area contributed by atoms with Crippen molar-refractivity contribution in [3.05, 3.63) is 53.0 Å². The fraction of sp³-hybridized carbons (Fsp3) is 0.235. The van der Waals surface area contributed by atoms with Gasteiger partial charge in [0.15, 0.2) is 0 Å². The molecule has 0 saturated heterocycles. The predicted molar refractivity (Wildman–Crippen MR) is 100 cm³/mol. The Bertz CT molecular complexity index is 838. The third-order valence-corrected chi connectivity index (χ3v) is 5.53. The van der Waals surface area contributed by atoms with Crippen molar-refractivity contribution in [2.75, 3.05) is 12.4 Å². The summed E-state index contributed by atoms with van der Waals surface area (Å²) in [6.07, 6.45) is 0.302. The molecular formula is C17H19BrN2O4S. The molecule has 0 saturated carbocycles. The van der Waals surface area contributed by atoms with Gasteiger partial charge in [0, 0.05) is 4.47 Å². The van der Waals surface area contributed by atoms with E-state index >= 15 is 0 Å². The van der Waals surface area contributed by atoms with Crippen molar-refractivity contribution in [1.29, 1.82) is 0 Å². The SMILES string of the molecule is CCC(NS(=O)(=O)c1ccc(Br)cc1)C(=O)Nc1ccccc1OC. The van der Waals surface area contributed by atoms with Gasteiger partial charge in [-0.05, 0) is 42.8 Å². The summed E-state index contributed by atoms with van der Waals surface area (Å²) in [5.74, 6) is 0.0501. The number of ether oxygens (including phenoxy) is 1. The van der Waals surface area contributed by atoms with Gasteiger partial charge >= 0.3 is 0 Å². The average Bonchev–Trinajstić information content (AvgIpc) is 2.60. The highest BCUT2D eigenvalue weighted by Gasteiger charge is 2.25. The molecule has 2 rings (SSSR count). The zero-order chi connectivity index (χ0) is 18.4. The molecule has 0 fully saturated rings. The molecule has 0 radical (unpaired) electrons. The Morgan fingerprint density at radius 3 is 2.40 bits per heavy atom. The Labute approximate surface area is 155 Å². The van der Waals surface area contributed by atoms with Gasteiger partial charge in [0.05, 0.1) is 17.7 Å². The Morgan fingerprint density at radius 2 is 1.80 bits per heavy atom. The first-order valence-corrected chi connectivity index (χ1v) is 9.86. The summed E-state index contributed by atoms with van der Waals surface area (Å²) in [6.45, 7) is 1.73. The molecule has 0 aliphatic rings. The lowest BCUT2D eigenvalue weighted by Crippen LogP contribution is -2.43. The van der Waals surface area contributed by atoms with Gasteiger partial charge in [-0.15, -0.1) is 0 Å². The number of para-hydroxylation sites is 2. The van der Waals surface area contributed by atoms with Crippen molar-refractivity contribution < 1.29 is 17.9 Å². The quantitative estimate of drug-likeness (QED) is 0.711. The number of sulfonamides is 1. The summed E-state index contributed by atoms with van der Waals surface area (Å²) in [5, 5.41) is 2.70. The number of benzene rings is 2. The van der Waals surface area contributed by atoms with E-state index in [1.165, 1.54) is 19.2 Å². The van der Waals surface area contributed by atoms with Crippen molar-refractivity contribution in [1.82, 2.24) is 4.72 Å². The highest BCUT2D eigenvalue weighted by atomic mass is 79.9. The van der Waals surface area contributed by atoms with Crippen LogP contribution in [0.4, 0.5) is 5.69 Å². The Hall–Kier alpha value is -1.90. The number of methoxy groups -OCH3 is 1. The smallest absolute Gasteiger partial charge is 0.242 e. The second-order valence-corrected chi connectivity index (χ2v) is 7.86. The summed E-state index contributed by atoms with van der Waals surface area (Å²) in [7, 11) is -2.31.